The number of Topliss-reactive ketones (excluding diaryl/α,β-unsaturated/α-hetero) is 1. The molecule has 1 heterocycles. The van der Waals surface area contributed by atoms with Crippen LogP contribution in [0, 0.1) is 0 Å². The number of anilines is 1. The van der Waals surface area contributed by atoms with Crippen molar-refractivity contribution in [3.05, 3.63) is 22.8 Å². The number of carbonyl (C=O) groups excluding carboxylic acids is 1. The third kappa shape index (κ3) is 2.93. The number of nitrogens with zero attached hydrogens (tertiary/aromatic N) is 1. The molecule has 0 radical (unpaired) electrons. The van der Waals surface area contributed by atoms with Crippen LogP contribution in [0.1, 0.15) is 30.6 Å². The number of carbonyl (C=O) groups is 1. The van der Waals surface area contributed by atoms with E-state index in [1.165, 1.54) is 12.3 Å². The summed E-state index contributed by atoms with van der Waals surface area (Å²) in [6.45, 7) is 4.21. The average molecular weight is 243 g/mol. The third-order valence-corrected chi connectivity index (χ3v) is 2.39. The maximum absolute atomic E-state index is 12.0. The number of hydrogen-bond acceptors (Lipinski definition) is 4. The Morgan fingerprint density at radius 2 is 2.31 bits per heavy atom. The normalized spacial score (nSPS) is 12.4. The van der Waals surface area contributed by atoms with E-state index in [1.807, 2.05) is 13.8 Å². The number of pyridine rings is 1. The molecule has 1 rings (SSSR count). The predicted octanol–water partition coefficient (Wildman–Crippen LogP) is 2.31. The van der Waals surface area contributed by atoms with Crippen molar-refractivity contribution in [1.82, 2.24) is 4.98 Å². The summed E-state index contributed by atoms with van der Waals surface area (Å²) < 4.78 is 5.33. The van der Waals surface area contributed by atoms with Crippen molar-refractivity contribution in [3.63, 3.8) is 0 Å². The van der Waals surface area contributed by atoms with Gasteiger partial charge in [0.15, 0.2) is 5.78 Å². The van der Waals surface area contributed by atoms with Gasteiger partial charge in [-0.25, -0.2) is 4.98 Å². The van der Waals surface area contributed by atoms with Gasteiger partial charge in [-0.2, -0.15) is 0 Å². The van der Waals surface area contributed by atoms with Crippen molar-refractivity contribution in [3.8, 4) is 0 Å². The minimum atomic E-state index is -0.479. The Labute approximate surface area is 99.8 Å². The second kappa shape index (κ2) is 5.82. The highest BCUT2D eigenvalue weighted by Crippen LogP contribution is 2.18. The lowest BCUT2D eigenvalue weighted by Crippen LogP contribution is -2.24. The van der Waals surface area contributed by atoms with Gasteiger partial charge in [0, 0.05) is 12.8 Å². The van der Waals surface area contributed by atoms with Gasteiger partial charge in [0.25, 0.3) is 0 Å². The Hall–Kier alpha value is -1.13. The first-order valence-electron chi connectivity index (χ1n) is 5.17. The summed E-state index contributed by atoms with van der Waals surface area (Å²) in [5.74, 6) is 0.0180. The molecule has 2 N–H and O–H groups in total. The van der Waals surface area contributed by atoms with Crippen molar-refractivity contribution >= 4 is 23.2 Å². The zero-order valence-electron chi connectivity index (χ0n) is 9.37. The standard InChI is InChI=1S/C11H15ClN2O2/c1-3-9(16-4-2)10(15)8-5-7(12)6-14-11(8)13/h5-6,9H,3-4H2,1-2H3,(H2,13,14). The van der Waals surface area contributed by atoms with Gasteiger partial charge < -0.3 is 10.5 Å². The maximum atomic E-state index is 12.0. The fourth-order valence-electron chi connectivity index (χ4n) is 1.40. The largest absolute Gasteiger partial charge is 0.383 e. The Kier molecular flexibility index (Phi) is 4.71. The zero-order valence-corrected chi connectivity index (χ0v) is 10.1. The van der Waals surface area contributed by atoms with E-state index in [-0.39, 0.29) is 11.6 Å². The molecule has 0 saturated carbocycles. The SMILES string of the molecule is CCOC(CC)C(=O)c1cc(Cl)cnc1N. The molecule has 0 fully saturated rings. The minimum absolute atomic E-state index is 0.170. The van der Waals surface area contributed by atoms with Gasteiger partial charge in [0.05, 0.1) is 10.6 Å². The van der Waals surface area contributed by atoms with E-state index in [2.05, 4.69) is 4.98 Å². The van der Waals surface area contributed by atoms with Gasteiger partial charge >= 0.3 is 0 Å². The molecule has 0 aromatic carbocycles. The van der Waals surface area contributed by atoms with Crippen molar-refractivity contribution in [2.45, 2.75) is 26.4 Å². The summed E-state index contributed by atoms with van der Waals surface area (Å²) in [6, 6.07) is 1.52. The van der Waals surface area contributed by atoms with Crippen LogP contribution in [0.25, 0.3) is 0 Å². The first-order chi connectivity index (χ1) is 7.60. The fourth-order valence-corrected chi connectivity index (χ4v) is 1.56. The lowest BCUT2D eigenvalue weighted by Gasteiger charge is -2.14. The van der Waals surface area contributed by atoms with Crippen LogP contribution in [0.5, 0.6) is 0 Å². The van der Waals surface area contributed by atoms with Crippen molar-refractivity contribution in [2.75, 3.05) is 12.3 Å². The molecule has 1 unspecified atom stereocenters. The van der Waals surface area contributed by atoms with Crippen LogP contribution in [0.2, 0.25) is 5.02 Å². The molecule has 0 aliphatic carbocycles. The summed E-state index contributed by atoms with van der Waals surface area (Å²) in [5, 5.41) is 0.393. The van der Waals surface area contributed by atoms with Crippen LogP contribution in [-0.4, -0.2) is 23.5 Å². The Morgan fingerprint density at radius 3 is 2.88 bits per heavy atom. The number of rotatable bonds is 5. The number of nitrogen functional groups attached to an aromatic ring is 1. The molecule has 1 aromatic heterocycles. The van der Waals surface area contributed by atoms with Gasteiger partial charge in [0.2, 0.25) is 0 Å². The van der Waals surface area contributed by atoms with Crippen LogP contribution < -0.4 is 5.73 Å². The fraction of sp³-hybridized carbons (Fsp3) is 0.455. The summed E-state index contributed by atoms with van der Waals surface area (Å²) >= 11 is 5.77. The molecule has 0 spiro atoms. The maximum Gasteiger partial charge on any atom is 0.195 e. The molecule has 0 aliphatic heterocycles. The predicted molar refractivity (Wildman–Crippen MR) is 63.7 cm³/mol. The molecule has 16 heavy (non-hydrogen) atoms. The van der Waals surface area contributed by atoms with Crippen LogP contribution >= 0.6 is 11.6 Å². The van der Waals surface area contributed by atoms with Crippen molar-refractivity contribution < 1.29 is 9.53 Å². The van der Waals surface area contributed by atoms with Gasteiger partial charge in [-0.3, -0.25) is 4.79 Å². The molecule has 1 atom stereocenters. The highest BCUT2D eigenvalue weighted by atomic mass is 35.5. The smallest absolute Gasteiger partial charge is 0.195 e. The van der Waals surface area contributed by atoms with E-state index in [0.717, 1.165) is 0 Å². The molecule has 4 nitrogen and oxygen atoms in total. The second-order valence-electron chi connectivity index (χ2n) is 3.30. The van der Waals surface area contributed by atoms with E-state index in [4.69, 9.17) is 22.1 Å². The summed E-state index contributed by atoms with van der Waals surface area (Å²) in [6.07, 6.45) is 1.53. The quantitative estimate of drug-likeness (QED) is 0.805. The average Bonchev–Trinajstić information content (AvgIpc) is 2.28. The Balaban J connectivity index is 2.98. The highest BCUT2D eigenvalue weighted by Gasteiger charge is 2.21. The number of ketones is 1. The van der Waals surface area contributed by atoms with E-state index in [0.29, 0.717) is 23.6 Å². The first kappa shape index (κ1) is 12.9. The van der Waals surface area contributed by atoms with Gasteiger partial charge in [0.1, 0.15) is 11.9 Å². The Bertz CT molecular complexity index is 382. The highest BCUT2D eigenvalue weighted by molar-refractivity contribution is 6.31. The Morgan fingerprint density at radius 1 is 1.62 bits per heavy atom. The van der Waals surface area contributed by atoms with E-state index in [9.17, 15) is 4.79 Å². The molecule has 88 valence electrons. The number of halogens is 1. The summed E-state index contributed by atoms with van der Waals surface area (Å²) in [5.41, 5.74) is 5.96. The molecular weight excluding hydrogens is 228 g/mol. The molecule has 0 saturated heterocycles. The molecule has 0 amide bonds. The van der Waals surface area contributed by atoms with E-state index in [1.54, 1.807) is 0 Å². The van der Waals surface area contributed by atoms with E-state index < -0.39 is 6.10 Å². The van der Waals surface area contributed by atoms with Gasteiger partial charge in [-0.1, -0.05) is 18.5 Å². The van der Waals surface area contributed by atoms with Crippen molar-refractivity contribution in [1.29, 1.82) is 0 Å². The molecule has 5 heteroatoms. The monoisotopic (exact) mass is 242 g/mol. The van der Waals surface area contributed by atoms with Crippen LogP contribution in [0.4, 0.5) is 5.82 Å². The van der Waals surface area contributed by atoms with Gasteiger partial charge in [-0.15, -0.1) is 0 Å². The number of nitrogens with two attached hydrogens (primary N) is 1. The zero-order chi connectivity index (χ0) is 12.1. The summed E-state index contributed by atoms with van der Waals surface area (Å²) in [7, 11) is 0. The second-order valence-corrected chi connectivity index (χ2v) is 3.74. The molecule has 0 bridgehead atoms. The topological polar surface area (TPSA) is 65.2 Å². The third-order valence-electron chi connectivity index (χ3n) is 2.18. The van der Waals surface area contributed by atoms with Crippen LogP contribution in [0.3, 0.4) is 0 Å². The lowest BCUT2D eigenvalue weighted by atomic mass is 10.1. The van der Waals surface area contributed by atoms with Crippen molar-refractivity contribution in [2.24, 2.45) is 0 Å². The van der Waals surface area contributed by atoms with E-state index >= 15 is 0 Å². The number of hydrogen-bond donors (Lipinski definition) is 1. The molecular formula is C11H15ClN2O2. The molecule has 1 aromatic rings. The van der Waals surface area contributed by atoms with Crippen LogP contribution in [-0.2, 0) is 4.74 Å². The number of ether oxygens (including phenoxy) is 1. The van der Waals surface area contributed by atoms with Gasteiger partial charge in [-0.05, 0) is 19.4 Å². The lowest BCUT2D eigenvalue weighted by molar-refractivity contribution is 0.0444. The molecule has 0 aliphatic rings. The summed E-state index contributed by atoms with van der Waals surface area (Å²) in [4.78, 5) is 15.9. The number of aromatic nitrogens is 1. The minimum Gasteiger partial charge on any atom is -0.383 e. The first-order valence-corrected chi connectivity index (χ1v) is 5.54. The van der Waals surface area contributed by atoms with Crippen LogP contribution in [0.15, 0.2) is 12.3 Å².